The van der Waals surface area contributed by atoms with Gasteiger partial charge in [-0.25, -0.2) is 4.98 Å². The molecule has 0 bridgehead atoms. The fourth-order valence-corrected chi connectivity index (χ4v) is 5.35. The van der Waals surface area contributed by atoms with Crippen molar-refractivity contribution in [1.29, 1.82) is 0 Å². The predicted molar refractivity (Wildman–Crippen MR) is 112 cm³/mol. The number of benzene rings is 1. The number of amides is 1. The maximum absolute atomic E-state index is 12.9. The third-order valence-corrected chi connectivity index (χ3v) is 7.14. The molecule has 1 spiro atoms. The third-order valence-electron chi connectivity index (χ3n) is 7.14. The zero-order valence-electron chi connectivity index (χ0n) is 16.7. The highest BCUT2D eigenvalue weighted by molar-refractivity contribution is 5.79. The van der Waals surface area contributed by atoms with Crippen LogP contribution in [0.3, 0.4) is 0 Å². The van der Waals surface area contributed by atoms with Gasteiger partial charge < -0.3 is 15.2 Å². The summed E-state index contributed by atoms with van der Waals surface area (Å²) in [6.45, 7) is 3.43. The van der Waals surface area contributed by atoms with Crippen molar-refractivity contribution >= 4 is 5.91 Å². The summed E-state index contributed by atoms with van der Waals surface area (Å²) in [7, 11) is 0. The van der Waals surface area contributed by atoms with E-state index in [1.165, 1.54) is 0 Å². The zero-order valence-corrected chi connectivity index (χ0v) is 16.7. The van der Waals surface area contributed by atoms with Crippen LogP contribution in [-0.4, -0.2) is 47.0 Å². The second-order valence-electron chi connectivity index (χ2n) is 8.74. The Morgan fingerprint density at radius 1 is 1.07 bits per heavy atom. The van der Waals surface area contributed by atoms with Gasteiger partial charge in [-0.2, -0.15) is 0 Å². The van der Waals surface area contributed by atoms with Crippen LogP contribution in [-0.2, 0) is 16.6 Å². The van der Waals surface area contributed by atoms with E-state index in [1.807, 2.05) is 30.3 Å². The molecule has 2 N–H and O–H groups in total. The monoisotopic (exact) mass is 392 g/mol. The van der Waals surface area contributed by atoms with Crippen LogP contribution in [0.15, 0.2) is 35.1 Å². The van der Waals surface area contributed by atoms with Gasteiger partial charge >= 0.3 is 0 Å². The average Bonchev–Trinajstić information content (AvgIpc) is 3.13. The smallest absolute Gasteiger partial charge is 0.254 e. The van der Waals surface area contributed by atoms with Crippen LogP contribution < -0.4 is 10.9 Å². The Hall–Kier alpha value is -2.47. The van der Waals surface area contributed by atoms with E-state index >= 15 is 0 Å². The summed E-state index contributed by atoms with van der Waals surface area (Å²) in [6, 6.07) is 9.84. The van der Waals surface area contributed by atoms with Crippen molar-refractivity contribution in [2.45, 2.75) is 43.9 Å². The van der Waals surface area contributed by atoms with Crippen molar-refractivity contribution in [3.05, 3.63) is 51.9 Å². The van der Waals surface area contributed by atoms with E-state index in [-0.39, 0.29) is 16.9 Å². The molecule has 2 fully saturated rings. The topological polar surface area (TPSA) is 78.1 Å². The fraction of sp³-hybridized carbons (Fsp3) is 0.522. The molecule has 2 aromatic rings. The minimum absolute atomic E-state index is 0.000982. The summed E-state index contributed by atoms with van der Waals surface area (Å²) >= 11 is 0. The molecule has 5 rings (SSSR count). The SMILES string of the molecule is O=C(C1CCNCC1)N1CCC2(CCc3c2nc(-c2ccccc2)[nH]c3=O)CC1. The van der Waals surface area contributed by atoms with Gasteiger partial charge in [-0.15, -0.1) is 0 Å². The molecular weight excluding hydrogens is 364 g/mol. The molecule has 3 heterocycles. The summed E-state index contributed by atoms with van der Waals surface area (Å²) in [5, 5.41) is 3.34. The molecule has 1 aliphatic carbocycles. The van der Waals surface area contributed by atoms with Crippen molar-refractivity contribution in [1.82, 2.24) is 20.2 Å². The van der Waals surface area contributed by atoms with Gasteiger partial charge in [-0.1, -0.05) is 30.3 Å². The van der Waals surface area contributed by atoms with Gasteiger partial charge in [0.2, 0.25) is 5.91 Å². The van der Waals surface area contributed by atoms with Gasteiger partial charge in [0.25, 0.3) is 5.56 Å². The number of H-pyrrole nitrogens is 1. The molecule has 0 radical (unpaired) electrons. The minimum Gasteiger partial charge on any atom is -0.342 e. The van der Waals surface area contributed by atoms with E-state index in [0.29, 0.717) is 11.7 Å². The maximum atomic E-state index is 12.9. The summed E-state index contributed by atoms with van der Waals surface area (Å²) in [6.07, 6.45) is 5.45. The molecule has 1 aromatic carbocycles. The van der Waals surface area contributed by atoms with Gasteiger partial charge in [0, 0.05) is 35.5 Å². The van der Waals surface area contributed by atoms with E-state index in [0.717, 1.165) is 81.5 Å². The van der Waals surface area contributed by atoms with Crippen molar-refractivity contribution in [3.8, 4) is 11.4 Å². The van der Waals surface area contributed by atoms with E-state index in [2.05, 4.69) is 15.2 Å². The van der Waals surface area contributed by atoms with E-state index in [9.17, 15) is 9.59 Å². The third kappa shape index (κ3) is 3.29. The lowest BCUT2D eigenvalue weighted by Gasteiger charge is -2.41. The molecule has 0 saturated carbocycles. The van der Waals surface area contributed by atoms with Crippen LogP contribution in [0, 0.1) is 5.92 Å². The number of rotatable bonds is 2. The fourth-order valence-electron chi connectivity index (χ4n) is 5.35. The number of likely N-dealkylation sites (tertiary alicyclic amines) is 1. The first-order chi connectivity index (χ1) is 14.2. The van der Waals surface area contributed by atoms with Crippen LogP contribution >= 0.6 is 0 Å². The van der Waals surface area contributed by atoms with Crippen LogP contribution in [0.5, 0.6) is 0 Å². The highest BCUT2D eigenvalue weighted by Gasteiger charge is 2.45. The second kappa shape index (κ2) is 7.41. The Kier molecular flexibility index (Phi) is 4.74. The summed E-state index contributed by atoms with van der Waals surface area (Å²) in [5.41, 5.74) is 2.71. The van der Waals surface area contributed by atoms with Gasteiger partial charge in [0.05, 0.1) is 5.69 Å². The molecule has 1 aromatic heterocycles. The van der Waals surface area contributed by atoms with Gasteiger partial charge in [0.15, 0.2) is 0 Å². The molecular formula is C23H28N4O2. The lowest BCUT2D eigenvalue weighted by atomic mass is 9.76. The number of hydrogen-bond donors (Lipinski definition) is 2. The Bertz CT molecular complexity index is 955. The normalized spacial score (nSPS) is 21.3. The molecule has 0 atom stereocenters. The first kappa shape index (κ1) is 18.6. The van der Waals surface area contributed by atoms with Crippen LogP contribution in [0.25, 0.3) is 11.4 Å². The van der Waals surface area contributed by atoms with Crippen molar-refractivity contribution < 1.29 is 4.79 Å². The molecule has 152 valence electrons. The first-order valence-corrected chi connectivity index (χ1v) is 10.8. The highest BCUT2D eigenvalue weighted by atomic mass is 16.2. The van der Waals surface area contributed by atoms with Crippen molar-refractivity contribution in [2.75, 3.05) is 26.2 Å². The van der Waals surface area contributed by atoms with Crippen LogP contribution in [0.4, 0.5) is 0 Å². The number of carbonyl (C=O) groups is 1. The molecule has 2 aliphatic heterocycles. The zero-order chi connectivity index (χ0) is 19.8. The number of piperidine rings is 2. The lowest BCUT2D eigenvalue weighted by Crippen LogP contribution is -2.48. The average molecular weight is 393 g/mol. The maximum Gasteiger partial charge on any atom is 0.254 e. The predicted octanol–water partition coefficient (Wildman–Crippen LogP) is 2.24. The Morgan fingerprint density at radius 2 is 1.79 bits per heavy atom. The number of nitrogens with zero attached hydrogens (tertiary/aromatic N) is 2. The minimum atomic E-state index is -0.0575. The number of carbonyl (C=O) groups excluding carboxylic acids is 1. The van der Waals surface area contributed by atoms with Crippen molar-refractivity contribution in [3.63, 3.8) is 0 Å². The first-order valence-electron chi connectivity index (χ1n) is 10.8. The molecule has 29 heavy (non-hydrogen) atoms. The summed E-state index contributed by atoms with van der Waals surface area (Å²) < 4.78 is 0. The molecule has 1 amide bonds. The number of aromatic nitrogens is 2. The number of hydrogen-bond acceptors (Lipinski definition) is 4. The van der Waals surface area contributed by atoms with E-state index < -0.39 is 0 Å². The standard InChI is InChI=1S/C23H28N4O2/c28-21-18-6-9-23(19(18)25-20(26-21)16-4-2-1-3-5-16)10-14-27(15-11-23)22(29)17-7-12-24-13-8-17/h1-5,17,24H,6-15H2,(H,25,26,28). The van der Waals surface area contributed by atoms with Crippen LogP contribution in [0.1, 0.15) is 43.4 Å². The van der Waals surface area contributed by atoms with E-state index in [4.69, 9.17) is 4.98 Å². The van der Waals surface area contributed by atoms with Gasteiger partial charge in [-0.3, -0.25) is 9.59 Å². The Labute approximate surface area is 170 Å². The number of nitrogens with one attached hydrogen (secondary N) is 2. The van der Waals surface area contributed by atoms with Crippen LogP contribution in [0.2, 0.25) is 0 Å². The van der Waals surface area contributed by atoms with Crippen molar-refractivity contribution in [2.24, 2.45) is 5.92 Å². The summed E-state index contributed by atoms with van der Waals surface area (Å²) in [4.78, 5) is 35.7. The lowest BCUT2D eigenvalue weighted by molar-refractivity contribution is -0.138. The van der Waals surface area contributed by atoms with Gasteiger partial charge in [-0.05, 0) is 51.6 Å². The number of fused-ring (bicyclic) bond motifs is 2. The summed E-state index contributed by atoms with van der Waals surface area (Å²) in [5.74, 6) is 1.15. The molecule has 6 nitrogen and oxygen atoms in total. The Balaban J connectivity index is 1.38. The number of aromatic amines is 1. The Morgan fingerprint density at radius 3 is 2.52 bits per heavy atom. The molecule has 0 unspecified atom stereocenters. The van der Waals surface area contributed by atoms with E-state index in [1.54, 1.807) is 0 Å². The van der Waals surface area contributed by atoms with Gasteiger partial charge in [0.1, 0.15) is 5.82 Å². The molecule has 3 aliphatic rings. The largest absolute Gasteiger partial charge is 0.342 e. The quantitative estimate of drug-likeness (QED) is 0.822. The highest BCUT2D eigenvalue weighted by Crippen LogP contribution is 2.44. The molecule has 2 saturated heterocycles. The second-order valence-corrected chi connectivity index (χ2v) is 8.74. The molecule has 6 heteroatoms.